The second-order valence-corrected chi connectivity index (χ2v) is 4.03. The molecule has 4 nitrogen and oxygen atoms in total. The highest BCUT2D eigenvalue weighted by Gasteiger charge is 2.09. The van der Waals surface area contributed by atoms with Crippen LogP contribution in [0.4, 0.5) is 3.89 Å². The van der Waals surface area contributed by atoms with Crippen LogP contribution in [-0.4, -0.2) is 13.7 Å². The molecule has 0 aliphatic rings. The first-order valence-corrected chi connectivity index (χ1v) is 5.47. The number of rotatable bonds is 4. The first kappa shape index (κ1) is 11.9. The van der Waals surface area contributed by atoms with Crippen molar-refractivity contribution in [3.05, 3.63) is 29.8 Å². The van der Waals surface area contributed by atoms with Gasteiger partial charge in [0.05, 0.1) is 0 Å². The predicted octanol–water partition coefficient (Wildman–Crippen LogP) is 1.59. The van der Waals surface area contributed by atoms with Gasteiger partial charge < -0.3 is 4.18 Å². The minimum Gasteiger partial charge on any atom is -0.358 e. The molecule has 82 valence electrons. The molecule has 0 aliphatic heterocycles. The monoisotopic (exact) mass is 252 g/mol. The summed E-state index contributed by atoms with van der Waals surface area (Å²) in [5.41, 5.74) is 0.582. The van der Waals surface area contributed by atoms with E-state index in [2.05, 4.69) is 4.18 Å². The average Bonchev–Trinajstić information content (AvgIpc) is 2.05. The quantitative estimate of drug-likeness (QED) is 0.764. The molecule has 0 N–H and O–H groups in total. The van der Waals surface area contributed by atoms with Crippen LogP contribution in [0.5, 0.6) is 5.75 Å². The van der Waals surface area contributed by atoms with Gasteiger partial charge in [0.25, 0.3) is 0 Å². The Bertz CT molecular complexity index is 454. The third kappa shape index (κ3) is 4.75. The van der Waals surface area contributed by atoms with Gasteiger partial charge in [-0.05, 0) is 29.3 Å². The third-order valence-electron chi connectivity index (χ3n) is 1.46. The van der Waals surface area contributed by atoms with E-state index in [1.54, 1.807) is 0 Å². The van der Waals surface area contributed by atoms with E-state index in [1.165, 1.54) is 24.3 Å². The molecule has 0 radical (unpaired) electrons. The van der Waals surface area contributed by atoms with Crippen LogP contribution in [0.3, 0.4) is 0 Å². The van der Waals surface area contributed by atoms with Crippen LogP contribution >= 0.6 is 11.6 Å². The van der Waals surface area contributed by atoms with E-state index in [-0.39, 0.29) is 12.2 Å². The number of benzene rings is 1. The normalized spacial score (nSPS) is 11.1. The van der Waals surface area contributed by atoms with Crippen molar-refractivity contribution in [1.29, 1.82) is 0 Å². The van der Waals surface area contributed by atoms with Crippen molar-refractivity contribution >= 4 is 27.3 Å². The van der Waals surface area contributed by atoms with Crippen molar-refractivity contribution in [2.24, 2.45) is 0 Å². The van der Waals surface area contributed by atoms with Crippen molar-refractivity contribution in [2.75, 3.05) is 0 Å². The van der Waals surface area contributed by atoms with Gasteiger partial charge in [-0.2, -0.15) is 8.42 Å². The molecule has 15 heavy (non-hydrogen) atoms. The standard InChI is InChI=1S/C8H6ClFO4S/c9-8(11)5-6-1-3-7(4-2-6)14-15(10,12)13/h1-4H,5H2. The fourth-order valence-electron chi connectivity index (χ4n) is 0.938. The molecule has 0 bridgehead atoms. The molecule has 7 heteroatoms. The van der Waals surface area contributed by atoms with Gasteiger partial charge in [-0.15, -0.1) is 0 Å². The summed E-state index contributed by atoms with van der Waals surface area (Å²) in [5.74, 6) is -0.164. The topological polar surface area (TPSA) is 60.4 Å². The zero-order valence-corrected chi connectivity index (χ0v) is 8.89. The molecular weight excluding hydrogens is 247 g/mol. The van der Waals surface area contributed by atoms with Gasteiger partial charge in [0, 0.05) is 6.42 Å². The molecule has 0 saturated heterocycles. The zero-order valence-electron chi connectivity index (χ0n) is 7.31. The number of carbonyl (C=O) groups excluding carboxylic acids is 1. The van der Waals surface area contributed by atoms with Crippen molar-refractivity contribution in [2.45, 2.75) is 6.42 Å². The molecule has 1 rings (SSSR count). The maximum absolute atomic E-state index is 12.1. The Balaban J connectivity index is 2.77. The predicted molar refractivity (Wildman–Crippen MR) is 51.7 cm³/mol. The molecule has 1 aromatic rings. The maximum atomic E-state index is 12.1. The van der Waals surface area contributed by atoms with E-state index in [1.807, 2.05) is 0 Å². The van der Waals surface area contributed by atoms with Crippen LogP contribution in [0.1, 0.15) is 5.56 Å². The Hall–Kier alpha value is -1.14. The van der Waals surface area contributed by atoms with E-state index in [4.69, 9.17) is 11.6 Å². The molecule has 0 amide bonds. The molecule has 0 fully saturated rings. The summed E-state index contributed by atoms with van der Waals surface area (Å²) in [6, 6.07) is 5.29. The van der Waals surface area contributed by atoms with Crippen molar-refractivity contribution < 1.29 is 21.3 Å². The molecule has 0 saturated carbocycles. The lowest BCUT2D eigenvalue weighted by molar-refractivity contribution is -0.111. The average molecular weight is 253 g/mol. The number of hydrogen-bond acceptors (Lipinski definition) is 4. The Morgan fingerprint density at radius 3 is 2.27 bits per heavy atom. The number of hydrogen-bond donors (Lipinski definition) is 0. The summed E-state index contributed by atoms with van der Waals surface area (Å²) in [5, 5.41) is -0.540. The summed E-state index contributed by atoms with van der Waals surface area (Å²) in [4.78, 5) is 10.5. The van der Waals surface area contributed by atoms with Crippen LogP contribution in [0.2, 0.25) is 0 Å². The highest BCUT2D eigenvalue weighted by Crippen LogP contribution is 2.15. The molecule has 1 aromatic carbocycles. The van der Waals surface area contributed by atoms with Crippen LogP contribution in [0.25, 0.3) is 0 Å². The summed E-state index contributed by atoms with van der Waals surface area (Å²) < 4.78 is 36.2. The number of halogens is 2. The van der Waals surface area contributed by atoms with Crippen molar-refractivity contribution in [1.82, 2.24) is 0 Å². The van der Waals surface area contributed by atoms with Gasteiger partial charge in [0.15, 0.2) is 0 Å². The van der Waals surface area contributed by atoms with E-state index >= 15 is 0 Å². The van der Waals surface area contributed by atoms with Gasteiger partial charge in [-0.3, -0.25) is 4.79 Å². The summed E-state index contributed by atoms with van der Waals surface area (Å²) in [6.45, 7) is 0. The highest BCUT2D eigenvalue weighted by atomic mass is 35.5. The SMILES string of the molecule is O=C(Cl)Cc1ccc(OS(=O)(=O)F)cc1. The smallest absolute Gasteiger partial charge is 0.358 e. The molecule has 0 aliphatic carbocycles. The van der Waals surface area contributed by atoms with Crippen LogP contribution in [0.15, 0.2) is 24.3 Å². The fourth-order valence-corrected chi connectivity index (χ4v) is 1.43. The Morgan fingerprint density at radius 2 is 1.87 bits per heavy atom. The first-order chi connectivity index (χ1) is 6.87. The highest BCUT2D eigenvalue weighted by molar-refractivity contribution is 7.81. The number of carbonyl (C=O) groups is 1. The summed E-state index contributed by atoms with van der Waals surface area (Å²) in [6.07, 6.45) is 0.0181. The first-order valence-electron chi connectivity index (χ1n) is 3.78. The van der Waals surface area contributed by atoms with E-state index in [0.717, 1.165) is 0 Å². The lowest BCUT2D eigenvalue weighted by atomic mass is 10.2. The van der Waals surface area contributed by atoms with E-state index < -0.39 is 15.7 Å². The van der Waals surface area contributed by atoms with E-state index in [9.17, 15) is 17.1 Å². The van der Waals surface area contributed by atoms with Crippen molar-refractivity contribution in [3.8, 4) is 5.75 Å². The molecule has 0 heterocycles. The van der Waals surface area contributed by atoms with Gasteiger partial charge in [-0.25, -0.2) is 0 Å². The molecule has 0 spiro atoms. The molecule has 0 unspecified atom stereocenters. The Morgan fingerprint density at radius 1 is 1.33 bits per heavy atom. The van der Waals surface area contributed by atoms with Gasteiger partial charge in [0.2, 0.25) is 5.24 Å². The van der Waals surface area contributed by atoms with Gasteiger partial charge in [0.1, 0.15) is 5.75 Å². The summed E-state index contributed by atoms with van der Waals surface area (Å²) in [7, 11) is -5.01. The molecular formula is C8H6ClFO4S. The van der Waals surface area contributed by atoms with Crippen LogP contribution in [-0.2, 0) is 21.7 Å². The lowest BCUT2D eigenvalue weighted by Gasteiger charge is -2.00. The molecule has 0 atom stereocenters. The summed E-state index contributed by atoms with van der Waals surface area (Å²) >= 11 is 5.13. The molecule has 0 aromatic heterocycles. The fraction of sp³-hybridized carbons (Fsp3) is 0.125. The maximum Gasteiger partial charge on any atom is 0.488 e. The minimum atomic E-state index is -5.01. The Kier molecular flexibility index (Phi) is 3.65. The van der Waals surface area contributed by atoms with Gasteiger partial charge >= 0.3 is 10.5 Å². The zero-order chi connectivity index (χ0) is 11.5. The van der Waals surface area contributed by atoms with Crippen LogP contribution < -0.4 is 4.18 Å². The lowest BCUT2D eigenvalue weighted by Crippen LogP contribution is -2.01. The van der Waals surface area contributed by atoms with Crippen LogP contribution in [0, 0.1) is 0 Å². The largest absolute Gasteiger partial charge is 0.488 e. The second-order valence-electron chi connectivity index (χ2n) is 2.65. The third-order valence-corrected chi connectivity index (χ3v) is 1.99. The van der Waals surface area contributed by atoms with E-state index in [0.29, 0.717) is 5.56 Å². The van der Waals surface area contributed by atoms with Gasteiger partial charge in [-0.1, -0.05) is 16.0 Å². The second kappa shape index (κ2) is 4.59. The Labute approximate surface area is 91.0 Å². The van der Waals surface area contributed by atoms with Crippen molar-refractivity contribution in [3.63, 3.8) is 0 Å². The minimum absolute atomic E-state index is 0.0181.